The molecule has 0 saturated carbocycles. The Bertz CT molecular complexity index is 680. The van der Waals surface area contributed by atoms with E-state index in [-0.39, 0.29) is 11.7 Å². The van der Waals surface area contributed by atoms with Crippen LogP contribution in [0.5, 0.6) is 0 Å². The molecule has 0 bridgehead atoms. The highest BCUT2D eigenvalue weighted by Gasteiger charge is 2.23. The van der Waals surface area contributed by atoms with Gasteiger partial charge in [-0.3, -0.25) is 9.79 Å². The standard InChI is InChI=1S/C20H33N5O3/c1-3-21-19(22-12-6-8-14-24-13-7-5-9-18(24)26)23-17-10-15-25(16-11-17)20(27)28-4-2/h5,7,9,13,17H,3-4,6,8,10-12,14-16H2,1-2H3,(H2,21,22,23). The number of aliphatic imine (C=N–C) groups is 1. The first-order valence-corrected chi connectivity index (χ1v) is 10.3. The van der Waals surface area contributed by atoms with E-state index in [9.17, 15) is 9.59 Å². The molecule has 2 N–H and O–H groups in total. The molecular weight excluding hydrogens is 358 g/mol. The van der Waals surface area contributed by atoms with Crippen molar-refractivity contribution in [2.45, 2.75) is 52.1 Å². The molecule has 0 atom stereocenters. The lowest BCUT2D eigenvalue weighted by Crippen LogP contribution is -2.49. The summed E-state index contributed by atoms with van der Waals surface area (Å²) in [5, 5.41) is 6.75. The number of piperidine rings is 1. The SMILES string of the molecule is CCNC(=NCCCCn1ccccc1=O)NC1CCN(C(=O)OCC)CC1. The van der Waals surface area contributed by atoms with Gasteiger partial charge in [0, 0.05) is 51.0 Å². The number of guanidine groups is 1. The molecule has 1 aliphatic rings. The highest BCUT2D eigenvalue weighted by atomic mass is 16.6. The Labute approximate surface area is 167 Å². The maximum absolute atomic E-state index is 11.8. The maximum atomic E-state index is 11.8. The van der Waals surface area contributed by atoms with Crippen molar-refractivity contribution >= 4 is 12.1 Å². The first-order chi connectivity index (χ1) is 13.6. The fourth-order valence-corrected chi connectivity index (χ4v) is 3.16. The third-order valence-electron chi connectivity index (χ3n) is 4.68. The van der Waals surface area contributed by atoms with E-state index < -0.39 is 0 Å². The van der Waals surface area contributed by atoms with Crippen molar-refractivity contribution in [1.29, 1.82) is 0 Å². The van der Waals surface area contributed by atoms with E-state index in [0.29, 0.717) is 38.8 Å². The van der Waals surface area contributed by atoms with Crippen LogP contribution >= 0.6 is 0 Å². The van der Waals surface area contributed by atoms with Gasteiger partial charge in [0.25, 0.3) is 0 Å². The lowest BCUT2D eigenvalue weighted by molar-refractivity contribution is 0.0963. The Hall–Kier alpha value is -2.51. The summed E-state index contributed by atoms with van der Waals surface area (Å²) in [6.45, 7) is 7.89. The molecule has 2 rings (SSSR count). The van der Waals surface area contributed by atoms with E-state index in [4.69, 9.17) is 4.74 Å². The number of pyridine rings is 1. The molecule has 1 aromatic heterocycles. The molecule has 8 heteroatoms. The monoisotopic (exact) mass is 391 g/mol. The van der Waals surface area contributed by atoms with Crippen LogP contribution in [0, 0.1) is 0 Å². The van der Waals surface area contributed by atoms with Gasteiger partial charge >= 0.3 is 6.09 Å². The number of carbonyl (C=O) groups is 1. The highest BCUT2D eigenvalue weighted by Crippen LogP contribution is 2.11. The molecule has 1 aromatic rings. The van der Waals surface area contributed by atoms with Gasteiger partial charge in [0.2, 0.25) is 5.56 Å². The molecule has 0 unspecified atom stereocenters. The molecule has 0 aliphatic carbocycles. The smallest absolute Gasteiger partial charge is 0.409 e. The zero-order chi connectivity index (χ0) is 20.2. The Morgan fingerprint density at radius 3 is 2.71 bits per heavy atom. The molecule has 1 aliphatic heterocycles. The van der Waals surface area contributed by atoms with Gasteiger partial charge in [0.15, 0.2) is 5.96 Å². The Balaban J connectivity index is 1.72. The summed E-state index contributed by atoms with van der Waals surface area (Å²) in [6, 6.07) is 5.51. The van der Waals surface area contributed by atoms with Crippen LogP contribution in [0.15, 0.2) is 34.2 Å². The molecule has 28 heavy (non-hydrogen) atoms. The number of nitrogens with zero attached hydrogens (tertiary/aromatic N) is 3. The average Bonchev–Trinajstić information content (AvgIpc) is 2.70. The summed E-state index contributed by atoms with van der Waals surface area (Å²) in [5.74, 6) is 0.814. The summed E-state index contributed by atoms with van der Waals surface area (Å²) >= 11 is 0. The lowest BCUT2D eigenvalue weighted by Gasteiger charge is -2.32. The van der Waals surface area contributed by atoms with Crippen molar-refractivity contribution in [1.82, 2.24) is 20.1 Å². The van der Waals surface area contributed by atoms with Gasteiger partial charge in [-0.05, 0) is 45.6 Å². The predicted molar refractivity (Wildman–Crippen MR) is 111 cm³/mol. The van der Waals surface area contributed by atoms with Gasteiger partial charge in [0.1, 0.15) is 0 Å². The summed E-state index contributed by atoms with van der Waals surface area (Å²) in [6.07, 6.45) is 5.17. The topological polar surface area (TPSA) is 88.0 Å². The van der Waals surface area contributed by atoms with Crippen LogP contribution in [0.1, 0.15) is 39.5 Å². The van der Waals surface area contributed by atoms with Crippen LogP contribution < -0.4 is 16.2 Å². The van der Waals surface area contributed by atoms with Crippen LogP contribution in [0.25, 0.3) is 0 Å². The molecule has 0 spiro atoms. The van der Waals surface area contributed by atoms with Gasteiger partial charge < -0.3 is 24.8 Å². The minimum absolute atomic E-state index is 0.0372. The summed E-state index contributed by atoms with van der Waals surface area (Å²) in [5.41, 5.74) is 0.0372. The van der Waals surface area contributed by atoms with Crippen LogP contribution in [-0.4, -0.2) is 60.3 Å². The Morgan fingerprint density at radius 1 is 1.25 bits per heavy atom. The molecule has 0 radical (unpaired) electrons. The number of unbranched alkanes of at least 4 members (excludes halogenated alkanes) is 1. The first kappa shape index (κ1) is 21.8. The van der Waals surface area contributed by atoms with Crippen molar-refractivity contribution in [3.63, 3.8) is 0 Å². The van der Waals surface area contributed by atoms with E-state index in [1.165, 1.54) is 0 Å². The second kappa shape index (κ2) is 12.0. The Morgan fingerprint density at radius 2 is 2.04 bits per heavy atom. The molecule has 1 saturated heterocycles. The van der Waals surface area contributed by atoms with Crippen LogP contribution in [0.2, 0.25) is 0 Å². The van der Waals surface area contributed by atoms with Crippen molar-refractivity contribution in [3.05, 3.63) is 34.7 Å². The first-order valence-electron chi connectivity index (χ1n) is 10.3. The number of amides is 1. The van der Waals surface area contributed by atoms with Gasteiger partial charge in [-0.25, -0.2) is 4.79 Å². The van der Waals surface area contributed by atoms with Gasteiger partial charge in [-0.15, -0.1) is 0 Å². The van der Waals surface area contributed by atoms with Crippen molar-refractivity contribution in [2.75, 3.05) is 32.8 Å². The number of rotatable bonds is 8. The second-order valence-electron chi connectivity index (χ2n) is 6.80. The number of aryl methyl sites for hydroxylation is 1. The van der Waals surface area contributed by atoms with Crippen LogP contribution in [0.4, 0.5) is 4.79 Å². The number of aromatic nitrogens is 1. The van der Waals surface area contributed by atoms with Crippen molar-refractivity contribution in [2.24, 2.45) is 4.99 Å². The molecule has 1 fully saturated rings. The van der Waals surface area contributed by atoms with Gasteiger partial charge in [0.05, 0.1) is 6.61 Å². The number of nitrogens with one attached hydrogen (secondary N) is 2. The summed E-state index contributed by atoms with van der Waals surface area (Å²) in [7, 11) is 0. The quantitative estimate of drug-likeness (QED) is 0.401. The van der Waals surface area contributed by atoms with E-state index in [2.05, 4.69) is 15.6 Å². The molecule has 156 valence electrons. The van der Waals surface area contributed by atoms with Crippen molar-refractivity contribution in [3.8, 4) is 0 Å². The molecule has 1 amide bonds. The third-order valence-corrected chi connectivity index (χ3v) is 4.68. The second-order valence-corrected chi connectivity index (χ2v) is 6.80. The lowest BCUT2D eigenvalue weighted by atomic mass is 10.1. The van der Waals surface area contributed by atoms with E-state index in [1.807, 2.05) is 26.1 Å². The summed E-state index contributed by atoms with van der Waals surface area (Å²) in [4.78, 5) is 29.9. The van der Waals surface area contributed by atoms with Gasteiger partial charge in [-0.2, -0.15) is 0 Å². The number of likely N-dealkylation sites (tertiary alicyclic amines) is 1. The minimum atomic E-state index is -0.223. The predicted octanol–water partition coefficient (Wildman–Crippen LogP) is 1.80. The number of hydrogen-bond donors (Lipinski definition) is 2. The normalized spacial score (nSPS) is 15.4. The average molecular weight is 392 g/mol. The third kappa shape index (κ3) is 7.25. The zero-order valence-electron chi connectivity index (χ0n) is 17.0. The maximum Gasteiger partial charge on any atom is 0.409 e. The van der Waals surface area contributed by atoms with Crippen molar-refractivity contribution < 1.29 is 9.53 Å². The Kier molecular flexibility index (Phi) is 9.37. The molecular formula is C20H33N5O3. The fraction of sp³-hybridized carbons (Fsp3) is 0.650. The van der Waals surface area contributed by atoms with Gasteiger partial charge in [-0.1, -0.05) is 6.07 Å². The molecule has 2 heterocycles. The highest BCUT2D eigenvalue weighted by molar-refractivity contribution is 5.80. The van der Waals surface area contributed by atoms with E-state index >= 15 is 0 Å². The number of ether oxygens (including phenoxy) is 1. The van der Waals surface area contributed by atoms with Crippen LogP contribution in [-0.2, 0) is 11.3 Å². The van der Waals surface area contributed by atoms with E-state index in [1.54, 1.807) is 21.6 Å². The van der Waals surface area contributed by atoms with E-state index in [0.717, 1.165) is 38.2 Å². The number of hydrogen-bond acceptors (Lipinski definition) is 4. The minimum Gasteiger partial charge on any atom is -0.450 e. The van der Waals surface area contributed by atoms with Crippen LogP contribution in [0.3, 0.4) is 0 Å². The summed E-state index contributed by atoms with van der Waals surface area (Å²) < 4.78 is 6.79. The number of carbonyl (C=O) groups excluding carboxylic acids is 1. The fourth-order valence-electron chi connectivity index (χ4n) is 3.16. The molecule has 0 aromatic carbocycles. The molecule has 8 nitrogen and oxygen atoms in total. The largest absolute Gasteiger partial charge is 0.450 e. The zero-order valence-corrected chi connectivity index (χ0v) is 17.0.